The monoisotopic (exact) mass is 424 g/mol. The van der Waals surface area contributed by atoms with Crippen molar-refractivity contribution in [1.82, 2.24) is 15.0 Å². The zero-order valence-corrected chi connectivity index (χ0v) is 14.6. The second kappa shape index (κ2) is 7.16. The van der Waals surface area contributed by atoms with E-state index in [0.717, 1.165) is 16.6 Å². The molecule has 0 spiro atoms. The van der Waals surface area contributed by atoms with Gasteiger partial charge in [-0.25, -0.2) is 15.0 Å². The Balaban J connectivity index is 1.79. The van der Waals surface area contributed by atoms with E-state index >= 15 is 0 Å². The highest BCUT2D eigenvalue weighted by atomic mass is 79.9. The molecule has 3 aromatic rings. The van der Waals surface area contributed by atoms with Crippen LogP contribution in [0.25, 0.3) is 0 Å². The predicted octanol–water partition coefficient (Wildman–Crippen LogP) is 4.72. The summed E-state index contributed by atoms with van der Waals surface area (Å²) in [7, 11) is 0. The molecular formula is C16H12BrF3N6. The Morgan fingerprint density at radius 2 is 1.54 bits per heavy atom. The molecule has 26 heavy (non-hydrogen) atoms. The number of nitrogen functional groups attached to an aromatic ring is 1. The van der Waals surface area contributed by atoms with Gasteiger partial charge in [-0.05, 0) is 52.3 Å². The first kappa shape index (κ1) is 17.9. The Bertz CT molecular complexity index is 897. The Kier molecular flexibility index (Phi) is 4.94. The first-order valence-corrected chi connectivity index (χ1v) is 8.05. The zero-order valence-electron chi connectivity index (χ0n) is 13.0. The third kappa shape index (κ3) is 4.20. The highest BCUT2D eigenvalue weighted by molar-refractivity contribution is 9.10. The van der Waals surface area contributed by atoms with E-state index in [1.54, 1.807) is 18.3 Å². The fourth-order valence-corrected chi connectivity index (χ4v) is 2.28. The number of aromatic nitrogens is 3. The topological polar surface area (TPSA) is 88.8 Å². The van der Waals surface area contributed by atoms with Crippen molar-refractivity contribution in [3.05, 3.63) is 59.0 Å². The minimum atomic E-state index is -4.39. The van der Waals surface area contributed by atoms with E-state index in [-0.39, 0.29) is 11.5 Å². The van der Waals surface area contributed by atoms with E-state index in [1.165, 1.54) is 18.5 Å². The molecule has 6 nitrogen and oxygen atoms in total. The number of hydrogen-bond donors (Lipinski definition) is 3. The van der Waals surface area contributed by atoms with Crippen molar-refractivity contribution < 1.29 is 13.2 Å². The highest BCUT2D eigenvalue weighted by Crippen LogP contribution is 2.31. The third-order valence-corrected chi connectivity index (χ3v) is 3.80. The van der Waals surface area contributed by atoms with E-state index in [9.17, 15) is 13.2 Å². The van der Waals surface area contributed by atoms with Gasteiger partial charge in [0, 0.05) is 16.4 Å². The van der Waals surface area contributed by atoms with Gasteiger partial charge in [-0.15, -0.1) is 0 Å². The molecule has 0 bridgehead atoms. The number of halogens is 4. The van der Waals surface area contributed by atoms with Crippen molar-refractivity contribution in [2.45, 2.75) is 6.18 Å². The molecule has 0 unspecified atom stereocenters. The molecule has 4 N–H and O–H groups in total. The zero-order chi connectivity index (χ0) is 18.7. The summed E-state index contributed by atoms with van der Waals surface area (Å²) in [6, 6.07) is 8.08. The maximum Gasteiger partial charge on any atom is 0.416 e. The number of nitrogens with two attached hydrogens (primary N) is 1. The molecule has 0 saturated carbocycles. The lowest BCUT2D eigenvalue weighted by Crippen LogP contribution is -2.07. The third-order valence-electron chi connectivity index (χ3n) is 3.33. The van der Waals surface area contributed by atoms with Gasteiger partial charge in [0.1, 0.15) is 17.8 Å². The van der Waals surface area contributed by atoms with Crippen LogP contribution in [0, 0.1) is 0 Å². The number of alkyl halides is 3. The van der Waals surface area contributed by atoms with Gasteiger partial charge < -0.3 is 16.4 Å². The van der Waals surface area contributed by atoms with Gasteiger partial charge in [0.15, 0.2) is 11.6 Å². The second-order valence-corrected chi connectivity index (χ2v) is 6.09. The second-order valence-electron chi connectivity index (χ2n) is 5.17. The van der Waals surface area contributed by atoms with Crippen LogP contribution in [-0.4, -0.2) is 15.0 Å². The highest BCUT2D eigenvalue weighted by Gasteiger charge is 2.29. The van der Waals surface area contributed by atoms with Gasteiger partial charge in [0.2, 0.25) is 0 Å². The summed E-state index contributed by atoms with van der Waals surface area (Å²) in [6.45, 7) is 0. The van der Waals surface area contributed by atoms with E-state index < -0.39 is 11.7 Å². The number of hydrogen-bond acceptors (Lipinski definition) is 6. The molecule has 0 aliphatic rings. The normalized spacial score (nSPS) is 11.2. The smallest absolute Gasteiger partial charge is 0.393 e. The van der Waals surface area contributed by atoms with Gasteiger partial charge >= 0.3 is 6.18 Å². The van der Waals surface area contributed by atoms with Crippen LogP contribution in [0.1, 0.15) is 5.56 Å². The van der Waals surface area contributed by atoms with Crippen LogP contribution in [0.2, 0.25) is 0 Å². The Hall–Kier alpha value is -2.88. The van der Waals surface area contributed by atoms with Crippen molar-refractivity contribution in [2.75, 3.05) is 16.4 Å². The molecule has 2 aromatic heterocycles. The number of nitrogens with zero attached hydrogens (tertiary/aromatic N) is 3. The maximum atomic E-state index is 12.6. The van der Waals surface area contributed by atoms with Crippen LogP contribution in [0.3, 0.4) is 0 Å². The van der Waals surface area contributed by atoms with Crippen LogP contribution in [-0.2, 0) is 6.18 Å². The summed E-state index contributed by atoms with van der Waals surface area (Å²) in [5, 5.41) is 5.83. The lowest BCUT2D eigenvalue weighted by Gasteiger charge is -2.13. The first-order chi connectivity index (χ1) is 12.3. The van der Waals surface area contributed by atoms with Crippen molar-refractivity contribution in [1.29, 1.82) is 0 Å². The average molecular weight is 425 g/mol. The summed E-state index contributed by atoms with van der Waals surface area (Å²) in [5.74, 6) is 1.11. The summed E-state index contributed by atoms with van der Waals surface area (Å²) >= 11 is 3.29. The quantitative estimate of drug-likeness (QED) is 0.561. The molecule has 2 heterocycles. The number of nitrogens with one attached hydrogen (secondary N) is 2. The SMILES string of the molecule is Nc1c(Nc2ccc(C(F)(F)F)cc2)ncnc1Nc1ccc(Br)cn1. The van der Waals surface area contributed by atoms with Gasteiger partial charge in [-0.2, -0.15) is 13.2 Å². The summed E-state index contributed by atoms with van der Waals surface area (Å²) in [6.07, 6.45) is -1.49. The number of rotatable bonds is 4. The molecule has 10 heteroatoms. The van der Waals surface area contributed by atoms with E-state index in [4.69, 9.17) is 5.73 Å². The molecule has 1 aromatic carbocycles. The van der Waals surface area contributed by atoms with Gasteiger partial charge in [-0.3, -0.25) is 0 Å². The van der Waals surface area contributed by atoms with E-state index in [0.29, 0.717) is 17.3 Å². The first-order valence-electron chi connectivity index (χ1n) is 7.26. The number of benzene rings is 1. The van der Waals surface area contributed by atoms with Crippen LogP contribution < -0.4 is 16.4 Å². The van der Waals surface area contributed by atoms with Gasteiger partial charge in [-0.1, -0.05) is 0 Å². The molecule has 0 saturated heterocycles. The van der Waals surface area contributed by atoms with Gasteiger partial charge in [0.25, 0.3) is 0 Å². The molecule has 0 amide bonds. The molecule has 3 rings (SSSR count). The minimum Gasteiger partial charge on any atom is -0.393 e. The Morgan fingerprint density at radius 3 is 2.12 bits per heavy atom. The molecule has 134 valence electrons. The molecule has 0 aliphatic heterocycles. The van der Waals surface area contributed by atoms with Crippen LogP contribution >= 0.6 is 15.9 Å². The molecule has 0 fully saturated rings. The fraction of sp³-hybridized carbons (Fsp3) is 0.0625. The van der Waals surface area contributed by atoms with Crippen LogP contribution in [0.4, 0.5) is 42.0 Å². The maximum absolute atomic E-state index is 12.6. The van der Waals surface area contributed by atoms with E-state index in [1.807, 2.05) is 0 Å². The number of anilines is 5. The Labute approximate surface area is 154 Å². The predicted molar refractivity (Wildman–Crippen MR) is 96.4 cm³/mol. The standard InChI is InChI=1S/C16H12BrF3N6/c17-10-3-6-12(22-7-10)26-15-13(21)14(23-8-24-15)25-11-4-1-9(2-5-11)16(18,19)20/h1-8H,21H2,(H2,22,23,24,25,26). The van der Waals surface area contributed by atoms with Gasteiger partial charge in [0.05, 0.1) is 5.56 Å². The summed E-state index contributed by atoms with van der Waals surface area (Å²) < 4.78 is 38.7. The lowest BCUT2D eigenvalue weighted by molar-refractivity contribution is -0.137. The van der Waals surface area contributed by atoms with E-state index in [2.05, 4.69) is 41.5 Å². The minimum absolute atomic E-state index is 0.206. The average Bonchev–Trinajstić information content (AvgIpc) is 2.60. The van der Waals surface area contributed by atoms with Crippen molar-refractivity contribution >= 4 is 44.8 Å². The summed E-state index contributed by atoms with van der Waals surface area (Å²) in [4.78, 5) is 12.2. The lowest BCUT2D eigenvalue weighted by atomic mass is 10.2. The Morgan fingerprint density at radius 1 is 0.885 bits per heavy atom. The largest absolute Gasteiger partial charge is 0.416 e. The van der Waals surface area contributed by atoms with Crippen molar-refractivity contribution in [3.8, 4) is 0 Å². The van der Waals surface area contributed by atoms with Crippen LogP contribution in [0.15, 0.2) is 53.4 Å². The molecule has 0 aliphatic carbocycles. The summed E-state index contributed by atoms with van der Waals surface area (Å²) in [5.41, 5.74) is 5.93. The number of pyridine rings is 1. The van der Waals surface area contributed by atoms with Crippen LogP contribution in [0.5, 0.6) is 0 Å². The fourth-order valence-electron chi connectivity index (χ4n) is 2.05. The molecule has 0 atom stereocenters. The molecule has 0 radical (unpaired) electrons. The van der Waals surface area contributed by atoms with Crippen molar-refractivity contribution in [2.24, 2.45) is 0 Å². The van der Waals surface area contributed by atoms with Crippen molar-refractivity contribution in [3.63, 3.8) is 0 Å². The molecular weight excluding hydrogens is 413 g/mol.